The lowest BCUT2D eigenvalue weighted by Crippen LogP contribution is -2.07. The number of ether oxygens (including phenoxy) is 1. The van der Waals surface area contributed by atoms with Gasteiger partial charge in [0.15, 0.2) is 0 Å². The minimum absolute atomic E-state index is 0.00280. The van der Waals surface area contributed by atoms with Crippen molar-refractivity contribution < 1.29 is 14.6 Å². The fourth-order valence-corrected chi connectivity index (χ4v) is 2.20. The van der Waals surface area contributed by atoms with Gasteiger partial charge in [0.25, 0.3) is 0 Å². The first-order valence-corrected chi connectivity index (χ1v) is 6.81. The molecule has 0 amide bonds. The SMILES string of the molecule is Cc1ccc(OCc2ccccc2CC(=O)O)c(CN)c1. The van der Waals surface area contributed by atoms with E-state index in [0.717, 1.165) is 28.0 Å². The van der Waals surface area contributed by atoms with E-state index in [2.05, 4.69) is 0 Å². The second-order valence-corrected chi connectivity index (χ2v) is 4.94. The smallest absolute Gasteiger partial charge is 0.307 e. The van der Waals surface area contributed by atoms with E-state index in [4.69, 9.17) is 15.6 Å². The van der Waals surface area contributed by atoms with Gasteiger partial charge in [-0.1, -0.05) is 42.0 Å². The fraction of sp³-hybridized carbons (Fsp3) is 0.235. The van der Waals surface area contributed by atoms with E-state index in [1.54, 1.807) is 0 Å². The number of hydrogen-bond acceptors (Lipinski definition) is 3. The molecule has 0 aliphatic carbocycles. The summed E-state index contributed by atoms with van der Waals surface area (Å²) in [5.41, 5.74) is 9.46. The highest BCUT2D eigenvalue weighted by Gasteiger charge is 2.08. The molecule has 2 aromatic carbocycles. The molecule has 0 saturated carbocycles. The van der Waals surface area contributed by atoms with Crippen molar-refractivity contribution in [3.63, 3.8) is 0 Å². The van der Waals surface area contributed by atoms with Crippen LogP contribution in [-0.2, 0) is 24.4 Å². The molecule has 0 saturated heterocycles. The second kappa shape index (κ2) is 6.90. The minimum Gasteiger partial charge on any atom is -0.489 e. The first-order chi connectivity index (χ1) is 10.1. The Morgan fingerprint density at radius 2 is 1.86 bits per heavy atom. The molecule has 0 aliphatic heterocycles. The molecule has 0 bridgehead atoms. The third-order valence-electron chi connectivity index (χ3n) is 3.28. The topological polar surface area (TPSA) is 72.5 Å². The van der Waals surface area contributed by atoms with Crippen molar-refractivity contribution in [2.75, 3.05) is 0 Å². The molecule has 2 aromatic rings. The van der Waals surface area contributed by atoms with Gasteiger partial charge < -0.3 is 15.6 Å². The van der Waals surface area contributed by atoms with Crippen LogP contribution >= 0.6 is 0 Å². The quantitative estimate of drug-likeness (QED) is 0.856. The van der Waals surface area contributed by atoms with Gasteiger partial charge in [0.1, 0.15) is 12.4 Å². The van der Waals surface area contributed by atoms with Crippen molar-refractivity contribution in [3.8, 4) is 5.75 Å². The monoisotopic (exact) mass is 285 g/mol. The zero-order valence-electron chi connectivity index (χ0n) is 12.0. The molecule has 0 aromatic heterocycles. The van der Waals surface area contributed by atoms with Crippen molar-refractivity contribution in [3.05, 3.63) is 64.7 Å². The van der Waals surface area contributed by atoms with Crippen LogP contribution < -0.4 is 10.5 Å². The number of aliphatic carboxylic acids is 1. The molecule has 0 radical (unpaired) electrons. The van der Waals surface area contributed by atoms with Crippen molar-refractivity contribution in [2.45, 2.75) is 26.5 Å². The van der Waals surface area contributed by atoms with E-state index in [0.29, 0.717) is 13.2 Å². The number of carbonyl (C=O) groups is 1. The van der Waals surface area contributed by atoms with Crippen LogP contribution in [0, 0.1) is 6.92 Å². The van der Waals surface area contributed by atoms with Gasteiger partial charge in [-0.3, -0.25) is 4.79 Å². The van der Waals surface area contributed by atoms with Crippen LogP contribution in [0.2, 0.25) is 0 Å². The van der Waals surface area contributed by atoms with Crippen molar-refractivity contribution in [2.24, 2.45) is 5.73 Å². The molecule has 0 spiro atoms. The van der Waals surface area contributed by atoms with Gasteiger partial charge >= 0.3 is 5.97 Å². The zero-order valence-corrected chi connectivity index (χ0v) is 12.0. The molecule has 0 aliphatic rings. The Labute approximate surface area is 124 Å². The van der Waals surface area contributed by atoms with Crippen LogP contribution in [-0.4, -0.2) is 11.1 Å². The maximum absolute atomic E-state index is 10.9. The fourth-order valence-electron chi connectivity index (χ4n) is 2.20. The molecular weight excluding hydrogens is 266 g/mol. The normalized spacial score (nSPS) is 10.4. The summed E-state index contributed by atoms with van der Waals surface area (Å²) in [7, 11) is 0. The van der Waals surface area contributed by atoms with Gasteiger partial charge in [-0.15, -0.1) is 0 Å². The second-order valence-electron chi connectivity index (χ2n) is 4.94. The van der Waals surface area contributed by atoms with Gasteiger partial charge in [0.2, 0.25) is 0 Å². The largest absolute Gasteiger partial charge is 0.489 e. The Hall–Kier alpha value is -2.33. The number of hydrogen-bond donors (Lipinski definition) is 2. The van der Waals surface area contributed by atoms with Gasteiger partial charge in [0, 0.05) is 12.1 Å². The van der Waals surface area contributed by atoms with E-state index in [1.807, 2.05) is 49.4 Å². The number of benzene rings is 2. The maximum atomic E-state index is 10.9. The van der Waals surface area contributed by atoms with Crippen LogP contribution in [0.1, 0.15) is 22.3 Å². The third-order valence-corrected chi connectivity index (χ3v) is 3.28. The molecule has 4 nitrogen and oxygen atoms in total. The molecule has 4 heteroatoms. The lowest BCUT2D eigenvalue weighted by molar-refractivity contribution is -0.136. The van der Waals surface area contributed by atoms with Crippen molar-refractivity contribution in [1.82, 2.24) is 0 Å². The van der Waals surface area contributed by atoms with Crippen LogP contribution in [0.15, 0.2) is 42.5 Å². The van der Waals surface area contributed by atoms with E-state index in [9.17, 15) is 4.79 Å². The van der Waals surface area contributed by atoms with Gasteiger partial charge in [0.05, 0.1) is 6.42 Å². The van der Waals surface area contributed by atoms with Crippen LogP contribution in [0.5, 0.6) is 5.75 Å². The summed E-state index contributed by atoms with van der Waals surface area (Å²) in [6, 6.07) is 13.3. The molecule has 2 rings (SSSR count). The van der Waals surface area contributed by atoms with Gasteiger partial charge in [-0.05, 0) is 24.1 Å². The average Bonchev–Trinajstić information content (AvgIpc) is 2.46. The first-order valence-electron chi connectivity index (χ1n) is 6.81. The predicted octanol–water partition coefficient (Wildman–Crippen LogP) is 2.66. The Morgan fingerprint density at radius 1 is 1.14 bits per heavy atom. The molecule has 110 valence electrons. The number of rotatable bonds is 6. The molecule has 0 fully saturated rings. The van der Waals surface area contributed by atoms with E-state index < -0.39 is 5.97 Å². The van der Waals surface area contributed by atoms with Crippen LogP contribution in [0.4, 0.5) is 0 Å². The molecule has 0 heterocycles. The van der Waals surface area contributed by atoms with E-state index in [1.165, 1.54) is 0 Å². The predicted molar refractivity (Wildman–Crippen MR) is 81.2 cm³/mol. The summed E-state index contributed by atoms with van der Waals surface area (Å²) in [5.74, 6) is -0.103. The Bertz CT molecular complexity index is 638. The summed E-state index contributed by atoms with van der Waals surface area (Å²) >= 11 is 0. The molecule has 21 heavy (non-hydrogen) atoms. The van der Waals surface area contributed by atoms with Crippen LogP contribution in [0.25, 0.3) is 0 Å². The molecule has 0 atom stereocenters. The molecule has 3 N–H and O–H groups in total. The molecular formula is C17H19NO3. The summed E-state index contributed by atoms with van der Waals surface area (Å²) < 4.78 is 5.82. The summed E-state index contributed by atoms with van der Waals surface area (Å²) in [6.45, 7) is 2.75. The number of carboxylic acid groups (broad SMARTS) is 1. The Kier molecular flexibility index (Phi) is 4.95. The van der Waals surface area contributed by atoms with E-state index >= 15 is 0 Å². The lowest BCUT2D eigenvalue weighted by Gasteiger charge is -2.13. The Morgan fingerprint density at radius 3 is 2.52 bits per heavy atom. The summed E-state index contributed by atoms with van der Waals surface area (Å²) in [4.78, 5) is 10.9. The third kappa shape index (κ3) is 4.07. The highest BCUT2D eigenvalue weighted by Crippen LogP contribution is 2.21. The number of aryl methyl sites for hydroxylation is 1. The van der Waals surface area contributed by atoms with Crippen molar-refractivity contribution >= 4 is 5.97 Å². The molecule has 0 unspecified atom stereocenters. The number of nitrogens with two attached hydrogens (primary N) is 1. The zero-order chi connectivity index (χ0) is 15.2. The highest BCUT2D eigenvalue weighted by atomic mass is 16.5. The maximum Gasteiger partial charge on any atom is 0.307 e. The summed E-state index contributed by atoms with van der Waals surface area (Å²) in [5, 5.41) is 8.93. The van der Waals surface area contributed by atoms with E-state index in [-0.39, 0.29) is 6.42 Å². The lowest BCUT2D eigenvalue weighted by atomic mass is 10.1. The Balaban J connectivity index is 2.15. The first kappa shape index (κ1) is 15.1. The average molecular weight is 285 g/mol. The highest BCUT2D eigenvalue weighted by molar-refractivity contribution is 5.70. The summed E-state index contributed by atoms with van der Waals surface area (Å²) in [6.07, 6.45) is -0.00280. The number of carboxylic acids is 1. The van der Waals surface area contributed by atoms with Gasteiger partial charge in [-0.2, -0.15) is 0 Å². The van der Waals surface area contributed by atoms with Crippen LogP contribution in [0.3, 0.4) is 0 Å². The van der Waals surface area contributed by atoms with Crippen molar-refractivity contribution in [1.29, 1.82) is 0 Å². The minimum atomic E-state index is -0.847. The standard InChI is InChI=1S/C17H19NO3/c1-12-6-7-16(15(8-12)10-18)21-11-14-5-3-2-4-13(14)9-17(19)20/h2-8H,9-11,18H2,1H3,(H,19,20). The van der Waals surface area contributed by atoms with Gasteiger partial charge in [-0.25, -0.2) is 0 Å².